The van der Waals surface area contributed by atoms with Crippen LogP contribution in [0.25, 0.3) is 0 Å². The van der Waals surface area contributed by atoms with Gasteiger partial charge < -0.3 is 10.2 Å². The molecular weight excluding hydrogens is 307 g/mol. The molecule has 21 heavy (non-hydrogen) atoms. The molecule has 1 fully saturated rings. The van der Waals surface area contributed by atoms with Crippen molar-refractivity contribution in [3.05, 3.63) is 29.3 Å². The summed E-state index contributed by atoms with van der Waals surface area (Å²) in [6.45, 7) is 7.62. The van der Waals surface area contributed by atoms with E-state index in [9.17, 15) is 4.79 Å². The number of amides is 1. The Hall–Kier alpha value is -0.770. The van der Waals surface area contributed by atoms with Crippen LogP contribution < -0.4 is 5.32 Å². The van der Waals surface area contributed by atoms with Crippen LogP contribution >= 0.6 is 24.0 Å². The summed E-state index contributed by atoms with van der Waals surface area (Å²) in [5.74, 6) is 1.52. The second-order valence-electron chi connectivity index (χ2n) is 6.01. The van der Waals surface area contributed by atoms with E-state index < -0.39 is 0 Å². The van der Waals surface area contributed by atoms with Gasteiger partial charge >= 0.3 is 0 Å². The summed E-state index contributed by atoms with van der Waals surface area (Å²) in [6.07, 6.45) is 1.83. The molecule has 2 rings (SSSR count). The predicted octanol–water partition coefficient (Wildman–Crippen LogP) is 4.07. The molecular formula is C16H24Cl2N2O. The van der Waals surface area contributed by atoms with Crippen molar-refractivity contribution in [2.45, 2.75) is 26.7 Å². The Morgan fingerprint density at radius 1 is 1.33 bits per heavy atom. The molecule has 2 atom stereocenters. The zero-order chi connectivity index (χ0) is 14.5. The van der Waals surface area contributed by atoms with Gasteiger partial charge in [-0.3, -0.25) is 4.79 Å². The Kier molecular flexibility index (Phi) is 7.50. The van der Waals surface area contributed by atoms with Gasteiger partial charge in [0.15, 0.2) is 0 Å². The van der Waals surface area contributed by atoms with Crippen LogP contribution in [-0.4, -0.2) is 30.4 Å². The number of hydrogen-bond donors (Lipinski definition) is 1. The standard InChI is InChI=1S/C16H23ClN2O.ClH/c1-12-8-13(2)11-19(10-12)7-6-16(20)18-15-5-3-4-14(17)9-15;/h3-5,9,12-13H,6-8,10-11H2,1-2H3,(H,18,20);1H. The number of anilines is 1. The van der Waals surface area contributed by atoms with Crippen LogP contribution in [0.5, 0.6) is 0 Å². The molecule has 0 aromatic heterocycles. The average Bonchev–Trinajstić information content (AvgIpc) is 2.35. The van der Waals surface area contributed by atoms with Crippen molar-refractivity contribution in [1.82, 2.24) is 4.90 Å². The Morgan fingerprint density at radius 3 is 2.62 bits per heavy atom. The number of piperidine rings is 1. The molecule has 0 aliphatic carbocycles. The first-order valence-corrected chi connectivity index (χ1v) is 7.68. The van der Waals surface area contributed by atoms with E-state index in [0.717, 1.165) is 37.2 Å². The molecule has 0 radical (unpaired) electrons. The van der Waals surface area contributed by atoms with Crippen LogP contribution in [0.4, 0.5) is 5.69 Å². The van der Waals surface area contributed by atoms with E-state index in [2.05, 4.69) is 24.1 Å². The maximum atomic E-state index is 11.9. The van der Waals surface area contributed by atoms with Gasteiger partial charge in [-0.1, -0.05) is 31.5 Å². The lowest BCUT2D eigenvalue weighted by atomic mass is 9.92. The van der Waals surface area contributed by atoms with Crippen molar-refractivity contribution in [2.24, 2.45) is 11.8 Å². The normalized spacial score (nSPS) is 22.4. The molecule has 0 spiro atoms. The van der Waals surface area contributed by atoms with Gasteiger partial charge in [0, 0.05) is 36.8 Å². The van der Waals surface area contributed by atoms with Crippen LogP contribution in [0.3, 0.4) is 0 Å². The summed E-state index contributed by atoms with van der Waals surface area (Å²) in [7, 11) is 0. The summed E-state index contributed by atoms with van der Waals surface area (Å²) < 4.78 is 0. The number of benzene rings is 1. The molecule has 1 N–H and O–H groups in total. The van der Waals surface area contributed by atoms with Gasteiger partial charge in [0.2, 0.25) is 5.91 Å². The van der Waals surface area contributed by atoms with Crippen molar-refractivity contribution in [3.8, 4) is 0 Å². The fraction of sp³-hybridized carbons (Fsp3) is 0.562. The van der Waals surface area contributed by atoms with Crippen molar-refractivity contribution in [2.75, 3.05) is 25.0 Å². The maximum Gasteiger partial charge on any atom is 0.225 e. The van der Waals surface area contributed by atoms with Crippen LogP contribution in [0.15, 0.2) is 24.3 Å². The highest BCUT2D eigenvalue weighted by Gasteiger charge is 2.21. The molecule has 0 saturated carbocycles. The zero-order valence-corrected chi connectivity index (χ0v) is 14.2. The van der Waals surface area contributed by atoms with Gasteiger partial charge in [-0.25, -0.2) is 0 Å². The van der Waals surface area contributed by atoms with E-state index >= 15 is 0 Å². The SMILES string of the molecule is CC1CC(C)CN(CCC(=O)Nc2cccc(Cl)c2)C1.Cl. The van der Waals surface area contributed by atoms with Gasteiger partial charge in [-0.2, -0.15) is 0 Å². The highest BCUT2D eigenvalue weighted by Crippen LogP contribution is 2.21. The van der Waals surface area contributed by atoms with Crippen molar-refractivity contribution in [1.29, 1.82) is 0 Å². The second-order valence-corrected chi connectivity index (χ2v) is 6.45. The summed E-state index contributed by atoms with van der Waals surface area (Å²) in [4.78, 5) is 14.3. The first-order chi connectivity index (χ1) is 9.52. The van der Waals surface area contributed by atoms with Crippen molar-refractivity contribution in [3.63, 3.8) is 0 Å². The highest BCUT2D eigenvalue weighted by atomic mass is 35.5. The Bertz CT molecular complexity index is 457. The van der Waals surface area contributed by atoms with Crippen LogP contribution in [0.2, 0.25) is 5.02 Å². The van der Waals surface area contributed by atoms with E-state index in [1.165, 1.54) is 6.42 Å². The van der Waals surface area contributed by atoms with Gasteiger partial charge in [-0.05, 0) is 36.5 Å². The third-order valence-corrected chi connectivity index (χ3v) is 3.94. The van der Waals surface area contributed by atoms with Crippen LogP contribution in [0, 0.1) is 11.8 Å². The molecule has 0 bridgehead atoms. The molecule has 1 aromatic carbocycles. The van der Waals surface area contributed by atoms with E-state index in [1.54, 1.807) is 12.1 Å². The summed E-state index contributed by atoms with van der Waals surface area (Å²) in [6, 6.07) is 7.26. The van der Waals surface area contributed by atoms with Gasteiger partial charge in [0.05, 0.1) is 0 Å². The zero-order valence-electron chi connectivity index (χ0n) is 12.6. The number of rotatable bonds is 4. The lowest BCUT2D eigenvalue weighted by Gasteiger charge is -2.34. The molecule has 1 aliphatic rings. The molecule has 5 heteroatoms. The van der Waals surface area contributed by atoms with Crippen molar-refractivity contribution >= 4 is 35.6 Å². The third kappa shape index (κ3) is 6.25. The number of nitrogens with zero attached hydrogens (tertiary/aromatic N) is 1. The third-order valence-electron chi connectivity index (χ3n) is 3.71. The number of nitrogens with one attached hydrogen (secondary N) is 1. The minimum atomic E-state index is 0. The molecule has 2 unspecified atom stereocenters. The molecule has 1 heterocycles. The van der Waals surface area contributed by atoms with Crippen LogP contribution in [-0.2, 0) is 4.79 Å². The van der Waals surface area contributed by atoms with E-state index in [-0.39, 0.29) is 18.3 Å². The van der Waals surface area contributed by atoms with E-state index in [0.29, 0.717) is 11.4 Å². The Balaban J connectivity index is 0.00000220. The van der Waals surface area contributed by atoms with Crippen molar-refractivity contribution < 1.29 is 4.79 Å². The largest absolute Gasteiger partial charge is 0.326 e. The van der Waals surface area contributed by atoms with Crippen LogP contribution in [0.1, 0.15) is 26.7 Å². The molecule has 1 saturated heterocycles. The Morgan fingerprint density at radius 2 is 2.00 bits per heavy atom. The monoisotopic (exact) mass is 330 g/mol. The average molecular weight is 331 g/mol. The van der Waals surface area contributed by atoms with Gasteiger partial charge in [0.1, 0.15) is 0 Å². The summed E-state index contributed by atoms with van der Waals surface area (Å²) >= 11 is 5.90. The number of carbonyl (C=O) groups excluding carboxylic acids is 1. The van der Waals surface area contributed by atoms with Gasteiger partial charge in [0.25, 0.3) is 0 Å². The number of hydrogen-bond acceptors (Lipinski definition) is 2. The second kappa shape index (κ2) is 8.62. The van der Waals surface area contributed by atoms with E-state index in [1.807, 2.05) is 12.1 Å². The fourth-order valence-electron chi connectivity index (χ4n) is 3.02. The number of likely N-dealkylation sites (tertiary alicyclic amines) is 1. The number of carbonyl (C=O) groups is 1. The minimum absolute atomic E-state index is 0. The molecule has 3 nitrogen and oxygen atoms in total. The van der Waals surface area contributed by atoms with E-state index in [4.69, 9.17) is 11.6 Å². The molecule has 1 amide bonds. The summed E-state index contributed by atoms with van der Waals surface area (Å²) in [5.41, 5.74) is 0.767. The molecule has 1 aromatic rings. The predicted molar refractivity (Wildman–Crippen MR) is 91.3 cm³/mol. The molecule has 118 valence electrons. The topological polar surface area (TPSA) is 32.3 Å². The Labute approximate surface area is 138 Å². The smallest absolute Gasteiger partial charge is 0.225 e. The quantitative estimate of drug-likeness (QED) is 0.902. The lowest BCUT2D eigenvalue weighted by Crippen LogP contribution is -2.40. The highest BCUT2D eigenvalue weighted by molar-refractivity contribution is 6.30. The maximum absolute atomic E-state index is 11.9. The number of halogens is 2. The first-order valence-electron chi connectivity index (χ1n) is 7.30. The first kappa shape index (κ1) is 18.3. The summed E-state index contributed by atoms with van der Waals surface area (Å²) in [5, 5.41) is 3.53. The van der Waals surface area contributed by atoms with Gasteiger partial charge in [-0.15, -0.1) is 12.4 Å². The lowest BCUT2D eigenvalue weighted by molar-refractivity contribution is -0.116. The molecule has 1 aliphatic heterocycles. The minimum Gasteiger partial charge on any atom is -0.326 e. The fourth-order valence-corrected chi connectivity index (χ4v) is 3.21.